The average Bonchev–Trinajstić information content (AvgIpc) is 2.91. The second kappa shape index (κ2) is 6.72. The largest absolute Gasteiger partial charge is 0.313 e. The first-order chi connectivity index (χ1) is 9.85. The first-order valence-corrected chi connectivity index (χ1v) is 8.31. The fourth-order valence-corrected chi connectivity index (χ4v) is 3.23. The maximum atomic E-state index is 4.46. The highest BCUT2D eigenvalue weighted by atomic mass is 15.3. The summed E-state index contributed by atoms with van der Waals surface area (Å²) in [5, 5.41) is 8.10. The van der Waals surface area contributed by atoms with Crippen molar-refractivity contribution in [1.29, 1.82) is 0 Å². The van der Waals surface area contributed by atoms with Gasteiger partial charge in [-0.05, 0) is 50.6 Å². The van der Waals surface area contributed by atoms with Gasteiger partial charge < -0.3 is 5.32 Å². The third-order valence-corrected chi connectivity index (χ3v) is 4.48. The van der Waals surface area contributed by atoms with E-state index in [1.54, 1.807) is 0 Å². The molecule has 1 atom stereocenters. The van der Waals surface area contributed by atoms with Crippen LogP contribution in [0.2, 0.25) is 0 Å². The molecule has 0 radical (unpaired) electrons. The van der Waals surface area contributed by atoms with Gasteiger partial charge >= 0.3 is 0 Å². The maximum Gasteiger partial charge on any atom is 0.0524 e. The van der Waals surface area contributed by atoms with E-state index in [4.69, 9.17) is 0 Å². The van der Waals surface area contributed by atoms with Crippen molar-refractivity contribution < 1.29 is 0 Å². The highest BCUT2D eigenvalue weighted by Crippen LogP contribution is 2.30. The van der Waals surface area contributed by atoms with Crippen molar-refractivity contribution in [3.63, 3.8) is 0 Å². The summed E-state index contributed by atoms with van der Waals surface area (Å²) in [4.78, 5) is 2.66. The molecule has 2 heterocycles. The predicted molar refractivity (Wildman–Crippen MR) is 81.5 cm³/mol. The minimum absolute atomic E-state index is 0.705. The Bertz CT molecular complexity index is 404. The normalized spacial score (nSPS) is 22.8. The van der Waals surface area contributed by atoms with E-state index in [0.717, 1.165) is 25.4 Å². The highest BCUT2D eigenvalue weighted by molar-refractivity contribution is 5.01. The molecule has 1 aliphatic carbocycles. The summed E-state index contributed by atoms with van der Waals surface area (Å²) >= 11 is 0. The Kier molecular flexibility index (Phi) is 4.73. The fourth-order valence-electron chi connectivity index (χ4n) is 3.23. The summed E-state index contributed by atoms with van der Waals surface area (Å²) in [6.07, 6.45) is 8.66. The van der Waals surface area contributed by atoms with Crippen LogP contribution < -0.4 is 5.32 Å². The van der Waals surface area contributed by atoms with E-state index >= 15 is 0 Å². The zero-order valence-electron chi connectivity index (χ0n) is 12.7. The van der Waals surface area contributed by atoms with Gasteiger partial charge in [-0.2, -0.15) is 5.10 Å². The van der Waals surface area contributed by atoms with Gasteiger partial charge in [0, 0.05) is 38.4 Å². The summed E-state index contributed by atoms with van der Waals surface area (Å²) in [7, 11) is 0. The van der Waals surface area contributed by atoms with Crippen molar-refractivity contribution in [2.45, 2.75) is 58.2 Å². The van der Waals surface area contributed by atoms with E-state index in [2.05, 4.69) is 33.0 Å². The van der Waals surface area contributed by atoms with Crippen LogP contribution in [-0.4, -0.2) is 40.4 Å². The topological polar surface area (TPSA) is 33.1 Å². The molecule has 1 unspecified atom stereocenters. The Morgan fingerprint density at radius 3 is 2.95 bits per heavy atom. The van der Waals surface area contributed by atoms with Crippen LogP contribution in [0.1, 0.15) is 44.7 Å². The number of nitrogens with one attached hydrogen (secondary N) is 1. The van der Waals surface area contributed by atoms with Crippen molar-refractivity contribution >= 4 is 0 Å². The monoisotopic (exact) mass is 276 g/mol. The van der Waals surface area contributed by atoms with Crippen LogP contribution >= 0.6 is 0 Å². The molecule has 2 aliphatic rings. The van der Waals surface area contributed by atoms with Gasteiger partial charge in [-0.15, -0.1) is 0 Å². The molecule has 112 valence electrons. The molecular formula is C16H28N4. The standard InChI is InChI=1S/C16H28N4/c1-2-10-20-16(7-9-18-20)13-19(11-14-5-6-14)12-15-4-3-8-17-15/h7,9,14-15,17H,2-6,8,10-13H2,1H3. The minimum atomic E-state index is 0.705. The zero-order valence-corrected chi connectivity index (χ0v) is 12.7. The summed E-state index contributed by atoms with van der Waals surface area (Å²) in [5.41, 5.74) is 1.38. The van der Waals surface area contributed by atoms with Crippen LogP contribution in [0.3, 0.4) is 0 Å². The number of hydrogen-bond acceptors (Lipinski definition) is 3. The maximum absolute atomic E-state index is 4.46. The van der Waals surface area contributed by atoms with Crippen molar-refractivity contribution in [3.05, 3.63) is 18.0 Å². The van der Waals surface area contributed by atoms with E-state index in [9.17, 15) is 0 Å². The number of aryl methyl sites for hydroxylation is 1. The fraction of sp³-hybridized carbons (Fsp3) is 0.812. The molecule has 0 spiro atoms. The Morgan fingerprint density at radius 2 is 2.25 bits per heavy atom. The van der Waals surface area contributed by atoms with E-state index in [1.165, 1.54) is 51.0 Å². The Hall–Kier alpha value is -0.870. The molecule has 1 N–H and O–H groups in total. The smallest absolute Gasteiger partial charge is 0.0524 e. The van der Waals surface area contributed by atoms with Gasteiger partial charge in [0.2, 0.25) is 0 Å². The molecule has 1 aromatic heterocycles. The third kappa shape index (κ3) is 3.83. The molecule has 1 aliphatic heterocycles. The number of rotatable bonds is 8. The lowest BCUT2D eigenvalue weighted by molar-refractivity contribution is 0.225. The van der Waals surface area contributed by atoms with Crippen LogP contribution in [0.5, 0.6) is 0 Å². The molecule has 1 aromatic rings. The van der Waals surface area contributed by atoms with E-state index in [1.807, 2.05) is 6.20 Å². The molecule has 2 fully saturated rings. The van der Waals surface area contributed by atoms with Gasteiger partial charge in [0.1, 0.15) is 0 Å². The molecule has 1 saturated carbocycles. The Balaban J connectivity index is 1.60. The molecule has 20 heavy (non-hydrogen) atoms. The minimum Gasteiger partial charge on any atom is -0.313 e. The quantitative estimate of drug-likeness (QED) is 0.790. The van der Waals surface area contributed by atoms with Gasteiger partial charge in [0.15, 0.2) is 0 Å². The highest BCUT2D eigenvalue weighted by Gasteiger charge is 2.27. The molecule has 0 amide bonds. The van der Waals surface area contributed by atoms with Crippen LogP contribution in [0.4, 0.5) is 0 Å². The molecule has 3 rings (SSSR count). The van der Waals surface area contributed by atoms with Gasteiger partial charge in [0.05, 0.1) is 5.69 Å². The van der Waals surface area contributed by atoms with Crippen LogP contribution in [0, 0.1) is 5.92 Å². The van der Waals surface area contributed by atoms with Crippen LogP contribution in [0.25, 0.3) is 0 Å². The van der Waals surface area contributed by atoms with Crippen molar-refractivity contribution in [1.82, 2.24) is 20.0 Å². The van der Waals surface area contributed by atoms with Crippen molar-refractivity contribution in [2.75, 3.05) is 19.6 Å². The summed E-state index contributed by atoms with van der Waals surface area (Å²) in [6.45, 7) is 8.00. The van der Waals surface area contributed by atoms with Gasteiger partial charge in [-0.1, -0.05) is 6.92 Å². The average molecular weight is 276 g/mol. The lowest BCUT2D eigenvalue weighted by Gasteiger charge is -2.26. The van der Waals surface area contributed by atoms with E-state index < -0.39 is 0 Å². The van der Waals surface area contributed by atoms with Crippen molar-refractivity contribution in [2.24, 2.45) is 5.92 Å². The second-order valence-corrected chi connectivity index (χ2v) is 6.48. The molecule has 1 saturated heterocycles. The van der Waals surface area contributed by atoms with E-state index in [-0.39, 0.29) is 0 Å². The number of aromatic nitrogens is 2. The summed E-state index contributed by atoms with van der Waals surface area (Å²) in [6, 6.07) is 2.90. The van der Waals surface area contributed by atoms with E-state index in [0.29, 0.717) is 6.04 Å². The van der Waals surface area contributed by atoms with Gasteiger partial charge in [-0.25, -0.2) is 0 Å². The zero-order chi connectivity index (χ0) is 13.8. The Labute approximate surface area is 122 Å². The molecular weight excluding hydrogens is 248 g/mol. The lowest BCUT2D eigenvalue weighted by Crippen LogP contribution is -2.38. The predicted octanol–water partition coefficient (Wildman–Crippen LogP) is 2.26. The summed E-state index contributed by atoms with van der Waals surface area (Å²) < 4.78 is 2.18. The lowest BCUT2D eigenvalue weighted by atomic mass is 10.2. The molecule has 0 aromatic carbocycles. The van der Waals surface area contributed by atoms with Crippen molar-refractivity contribution in [3.8, 4) is 0 Å². The van der Waals surface area contributed by atoms with Crippen LogP contribution in [-0.2, 0) is 13.1 Å². The number of hydrogen-bond donors (Lipinski definition) is 1. The van der Waals surface area contributed by atoms with Crippen LogP contribution in [0.15, 0.2) is 12.3 Å². The summed E-state index contributed by atoms with van der Waals surface area (Å²) in [5.74, 6) is 0.957. The second-order valence-electron chi connectivity index (χ2n) is 6.48. The SMILES string of the molecule is CCCn1nccc1CN(CC1CC1)CC1CCCN1. The molecule has 4 heteroatoms. The van der Waals surface area contributed by atoms with Gasteiger partial charge in [-0.3, -0.25) is 9.58 Å². The number of nitrogens with zero attached hydrogens (tertiary/aromatic N) is 3. The first-order valence-electron chi connectivity index (χ1n) is 8.31. The molecule has 0 bridgehead atoms. The molecule has 4 nitrogen and oxygen atoms in total. The van der Waals surface area contributed by atoms with Gasteiger partial charge in [0.25, 0.3) is 0 Å². The Morgan fingerprint density at radius 1 is 1.35 bits per heavy atom. The third-order valence-electron chi connectivity index (χ3n) is 4.48. The first kappa shape index (κ1) is 14.1.